The highest BCUT2D eigenvalue weighted by Crippen LogP contribution is 2.37. The van der Waals surface area contributed by atoms with E-state index in [1.54, 1.807) is 6.20 Å². The molecule has 0 aromatic rings. The van der Waals surface area contributed by atoms with E-state index in [0.717, 1.165) is 35.4 Å². The maximum Gasteiger partial charge on any atom is 0.106 e. The summed E-state index contributed by atoms with van der Waals surface area (Å²) in [4.78, 5) is 9.19. The summed E-state index contributed by atoms with van der Waals surface area (Å²) in [6.07, 6.45) is 6.48. The molecule has 1 rings (SSSR count). The van der Waals surface area contributed by atoms with Crippen LogP contribution in [0.4, 0.5) is 0 Å². The summed E-state index contributed by atoms with van der Waals surface area (Å²) in [5.41, 5.74) is 7.62. The zero-order chi connectivity index (χ0) is 16.9. The summed E-state index contributed by atoms with van der Waals surface area (Å²) < 4.78 is 0.772. The third-order valence-corrected chi connectivity index (χ3v) is 4.37. The zero-order valence-corrected chi connectivity index (χ0v) is 16.0. The van der Waals surface area contributed by atoms with Gasteiger partial charge in [0.05, 0.1) is 11.7 Å². The molecule has 5 heteroatoms. The average Bonchev–Trinajstić information content (AvgIpc) is 2.69. The first kappa shape index (κ1) is 19.1. The predicted octanol–water partition coefficient (Wildman–Crippen LogP) is 2.98. The maximum absolute atomic E-state index is 5.45. The molecular formula is C17H29BrN4. The van der Waals surface area contributed by atoms with Crippen LogP contribution in [0, 0.1) is 5.41 Å². The molecule has 22 heavy (non-hydrogen) atoms. The van der Waals surface area contributed by atoms with E-state index in [4.69, 9.17) is 5.73 Å². The highest BCUT2D eigenvalue weighted by molar-refractivity contribution is 9.18. The molecule has 2 N–H and O–H groups in total. The fourth-order valence-corrected chi connectivity index (χ4v) is 3.51. The highest BCUT2D eigenvalue weighted by Gasteiger charge is 2.40. The lowest BCUT2D eigenvalue weighted by Gasteiger charge is -2.27. The first-order valence-electron chi connectivity index (χ1n) is 7.51. The van der Waals surface area contributed by atoms with Crippen molar-refractivity contribution in [1.29, 1.82) is 0 Å². The molecule has 0 amide bonds. The second-order valence-corrected chi connectivity index (χ2v) is 7.67. The van der Waals surface area contributed by atoms with Gasteiger partial charge in [-0.05, 0) is 73.7 Å². The molecule has 1 saturated heterocycles. The summed E-state index contributed by atoms with van der Waals surface area (Å²) in [6, 6.07) is 0.289. The van der Waals surface area contributed by atoms with Gasteiger partial charge in [-0.1, -0.05) is 19.6 Å². The fraction of sp³-hybridized carbons (Fsp3) is 0.588. The molecule has 4 nitrogen and oxygen atoms in total. The second kappa shape index (κ2) is 8.09. The van der Waals surface area contributed by atoms with Gasteiger partial charge in [0.1, 0.15) is 4.62 Å². The van der Waals surface area contributed by atoms with Crippen molar-refractivity contribution < 1.29 is 0 Å². The number of allylic oxidation sites excluding steroid dienone is 3. The van der Waals surface area contributed by atoms with Crippen LogP contribution in [0.3, 0.4) is 0 Å². The number of rotatable bonds is 6. The number of likely N-dealkylation sites (N-methyl/N-ethyl adjacent to an activating group) is 1. The molecule has 0 bridgehead atoms. The molecule has 0 aromatic carbocycles. The largest absolute Gasteiger partial charge is 0.404 e. The molecule has 0 radical (unpaired) electrons. The minimum atomic E-state index is 0.280. The smallest absolute Gasteiger partial charge is 0.106 e. The van der Waals surface area contributed by atoms with Crippen molar-refractivity contribution in [2.45, 2.75) is 26.3 Å². The van der Waals surface area contributed by atoms with Gasteiger partial charge in [0.25, 0.3) is 0 Å². The monoisotopic (exact) mass is 368 g/mol. The van der Waals surface area contributed by atoms with Crippen LogP contribution in [-0.2, 0) is 0 Å². The van der Waals surface area contributed by atoms with E-state index < -0.39 is 0 Å². The van der Waals surface area contributed by atoms with Crippen molar-refractivity contribution in [3.8, 4) is 0 Å². The van der Waals surface area contributed by atoms with Gasteiger partial charge in [0, 0.05) is 13.1 Å². The fourth-order valence-electron chi connectivity index (χ4n) is 3.15. The molecule has 0 aliphatic carbocycles. The highest BCUT2D eigenvalue weighted by atomic mass is 79.9. The lowest BCUT2D eigenvalue weighted by molar-refractivity contribution is 0.221. The summed E-state index contributed by atoms with van der Waals surface area (Å²) in [6.45, 7) is 10.6. The number of likely N-dealkylation sites (tertiary alicyclic amines) is 1. The summed E-state index contributed by atoms with van der Waals surface area (Å²) in [5, 5.41) is 0. The van der Waals surface area contributed by atoms with E-state index >= 15 is 0 Å². The first-order valence-corrected chi connectivity index (χ1v) is 8.31. The van der Waals surface area contributed by atoms with Crippen molar-refractivity contribution in [2.75, 3.05) is 34.2 Å². The molecule has 1 aliphatic heterocycles. The van der Waals surface area contributed by atoms with Gasteiger partial charge < -0.3 is 10.6 Å². The number of nitrogens with two attached hydrogens (primary N) is 1. The molecular weight excluding hydrogens is 340 g/mol. The van der Waals surface area contributed by atoms with E-state index in [-0.39, 0.29) is 11.5 Å². The molecule has 1 heterocycles. The third kappa shape index (κ3) is 5.71. The van der Waals surface area contributed by atoms with Gasteiger partial charge in [0.15, 0.2) is 0 Å². The number of nitrogens with zero attached hydrogens (tertiary/aromatic N) is 3. The Bertz CT molecular complexity index is 493. The van der Waals surface area contributed by atoms with Crippen LogP contribution in [0.5, 0.6) is 0 Å². The van der Waals surface area contributed by atoms with Gasteiger partial charge in [-0.25, -0.2) is 4.99 Å². The van der Waals surface area contributed by atoms with Gasteiger partial charge >= 0.3 is 0 Å². The zero-order valence-electron chi connectivity index (χ0n) is 14.4. The Balaban J connectivity index is 2.75. The van der Waals surface area contributed by atoms with E-state index in [0.29, 0.717) is 0 Å². The van der Waals surface area contributed by atoms with Crippen molar-refractivity contribution in [1.82, 2.24) is 9.80 Å². The normalized spacial score (nSPS) is 28.0. The standard InChI is InChI=1S/C17H29BrN4/c1-13(10-19)7-8-16(18)20-14(2)15-9-17(3,11-21(4)5)12-22(15)6/h7-8,10,15H,2,9,11-12,19H2,1,3-6H3/b8-7-,13-10+,20-16?. The van der Waals surface area contributed by atoms with E-state index in [1.807, 2.05) is 19.1 Å². The molecule has 124 valence electrons. The third-order valence-electron chi connectivity index (χ3n) is 3.93. The topological polar surface area (TPSA) is 44.9 Å². The van der Waals surface area contributed by atoms with Crippen molar-refractivity contribution in [2.24, 2.45) is 16.1 Å². The average molecular weight is 369 g/mol. The van der Waals surface area contributed by atoms with Gasteiger partial charge in [-0.15, -0.1) is 0 Å². The Labute approximate surface area is 143 Å². The van der Waals surface area contributed by atoms with Crippen LogP contribution in [0.25, 0.3) is 0 Å². The van der Waals surface area contributed by atoms with Crippen LogP contribution in [-0.4, -0.2) is 54.7 Å². The van der Waals surface area contributed by atoms with Crippen molar-refractivity contribution >= 4 is 20.6 Å². The van der Waals surface area contributed by atoms with E-state index in [9.17, 15) is 0 Å². The Kier molecular flexibility index (Phi) is 7.03. The Morgan fingerprint density at radius 1 is 1.50 bits per heavy atom. The van der Waals surface area contributed by atoms with Crippen LogP contribution < -0.4 is 5.73 Å². The van der Waals surface area contributed by atoms with Crippen LogP contribution in [0.1, 0.15) is 20.3 Å². The van der Waals surface area contributed by atoms with E-state index in [2.05, 4.69) is 65.4 Å². The van der Waals surface area contributed by atoms with Gasteiger partial charge in [-0.3, -0.25) is 4.90 Å². The molecule has 2 atom stereocenters. The quantitative estimate of drug-likeness (QED) is 0.578. The molecule has 1 aliphatic rings. The lowest BCUT2D eigenvalue weighted by atomic mass is 9.87. The Hall–Kier alpha value is -0.910. The minimum Gasteiger partial charge on any atom is -0.404 e. The first-order chi connectivity index (χ1) is 10.2. The Morgan fingerprint density at radius 3 is 2.68 bits per heavy atom. The SMILES string of the molecule is C=C(N=C(Br)/C=C\C(C)=C\N)C1CC(C)(CN(C)C)CN1C. The summed E-state index contributed by atoms with van der Waals surface area (Å²) in [5.74, 6) is 0. The molecule has 0 spiro atoms. The molecule has 2 unspecified atom stereocenters. The van der Waals surface area contributed by atoms with Crippen LogP contribution in [0.2, 0.25) is 0 Å². The molecule has 0 aromatic heterocycles. The second-order valence-electron chi connectivity index (χ2n) is 6.85. The molecule has 1 fully saturated rings. The van der Waals surface area contributed by atoms with Crippen molar-refractivity contribution in [3.05, 3.63) is 36.2 Å². The number of aliphatic imine (C=N–C) groups is 1. The molecule has 0 saturated carbocycles. The van der Waals surface area contributed by atoms with Crippen LogP contribution >= 0.6 is 15.9 Å². The maximum atomic E-state index is 5.45. The number of hydrogen-bond donors (Lipinski definition) is 1. The number of hydrogen-bond acceptors (Lipinski definition) is 4. The van der Waals surface area contributed by atoms with E-state index in [1.165, 1.54) is 0 Å². The van der Waals surface area contributed by atoms with Gasteiger partial charge in [-0.2, -0.15) is 0 Å². The number of halogens is 1. The van der Waals surface area contributed by atoms with Crippen LogP contribution in [0.15, 0.2) is 41.2 Å². The predicted molar refractivity (Wildman–Crippen MR) is 100 cm³/mol. The van der Waals surface area contributed by atoms with Crippen molar-refractivity contribution in [3.63, 3.8) is 0 Å². The minimum absolute atomic E-state index is 0.280. The summed E-state index contributed by atoms with van der Waals surface area (Å²) >= 11 is 3.48. The lowest BCUT2D eigenvalue weighted by Crippen LogP contribution is -2.33. The Morgan fingerprint density at radius 2 is 2.14 bits per heavy atom. The van der Waals surface area contributed by atoms with Gasteiger partial charge in [0.2, 0.25) is 0 Å². The summed E-state index contributed by atoms with van der Waals surface area (Å²) in [7, 11) is 6.40.